The second-order valence-electron chi connectivity index (χ2n) is 3.12. The summed E-state index contributed by atoms with van der Waals surface area (Å²) in [7, 11) is 1.11. The van der Waals surface area contributed by atoms with Gasteiger partial charge in [-0.2, -0.15) is 0 Å². The van der Waals surface area contributed by atoms with E-state index in [4.69, 9.17) is 11.5 Å². The number of rotatable bonds is 3. The van der Waals surface area contributed by atoms with E-state index in [1.807, 2.05) is 0 Å². The molecule has 1 heterocycles. The highest BCUT2D eigenvalue weighted by Gasteiger charge is 2.33. The van der Waals surface area contributed by atoms with Crippen LogP contribution in [0.25, 0.3) is 0 Å². The summed E-state index contributed by atoms with van der Waals surface area (Å²) in [5, 5.41) is 0. The molecule has 0 fully saturated rings. The van der Waals surface area contributed by atoms with E-state index in [1.165, 1.54) is 0 Å². The first-order chi connectivity index (χ1) is 8.28. The number of nitrogens with zero attached hydrogens (tertiary/aromatic N) is 1. The molecule has 0 saturated carbocycles. The lowest BCUT2D eigenvalue weighted by atomic mass is 10.2. The van der Waals surface area contributed by atoms with Crippen LogP contribution in [0.3, 0.4) is 0 Å². The zero-order valence-electron chi connectivity index (χ0n) is 9.25. The largest absolute Gasteiger partial charge is 0.574 e. The summed E-state index contributed by atoms with van der Waals surface area (Å²) in [6, 6.07) is 0.974. The van der Waals surface area contributed by atoms with Crippen molar-refractivity contribution in [2.45, 2.75) is 12.9 Å². The van der Waals surface area contributed by atoms with Crippen molar-refractivity contribution in [3.8, 4) is 5.88 Å². The van der Waals surface area contributed by atoms with Gasteiger partial charge in [0.25, 0.3) is 0 Å². The number of anilines is 1. The molecule has 18 heavy (non-hydrogen) atoms. The molecule has 0 aromatic carbocycles. The first-order valence-corrected chi connectivity index (χ1v) is 4.62. The van der Waals surface area contributed by atoms with E-state index < -0.39 is 23.9 Å². The van der Waals surface area contributed by atoms with E-state index in [2.05, 4.69) is 14.5 Å². The van der Waals surface area contributed by atoms with Gasteiger partial charge < -0.3 is 20.9 Å². The van der Waals surface area contributed by atoms with Crippen LogP contribution in [-0.4, -0.2) is 24.4 Å². The molecule has 0 spiro atoms. The third kappa shape index (κ3) is 3.23. The summed E-state index contributed by atoms with van der Waals surface area (Å²) in [5.41, 5.74) is 9.94. The average molecular weight is 265 g/mol. The van der Waals surface area contributed by atoms with E-state index >= 15 is 0 Å². The van der Waals surface area contributed by atoms with Gasteiger partial charge in [-0.25, -0.2) is 9.78 Å². The molecule has 100 valence electrons. The number of methoxy groups -OCH3 is 1. The lowest BCUT2D eigenvalue weighted by Crippen LogP contribution is -2.21. The van der Waals surface area contributed by atoms with Crippen molar-refractivity contribution in [1.29, 1.82) is 0 Å². The smallest absolute Gasteiger partial charge is 0.465 e. The highest BCUT2D eigenvalue weighted by atomic mass is 19.4. The number of hydrogen-bond donors (Lipinski definition) is 2. The molecular formula is C9H10F3N3O3. The van der Waals surface area contributed by atoms with Crippen LogP contribution in [0.4, 0.5) is 18.9 Å². The molecule has 4 N–H and O–H groups in total. The number of alkyl halides is 3. The number of halogens is 3. The highest BCUT2D eigenvalue weighted by molar-refractivity contribution is 5.91. The zero-order chi connectivity index (χ0) is 13.9. The van der Waals surface area contributed by atoms with E-state index in [0.717, 1.165) is 13.2 Å². The molecule has 1 aromatic rings. The summed E-state index contributed by atoms with van der Waals surface area (Å²) in [4.78, 5) is 14.8. The molecule has 0 aliphatic rings. The van der Waals surface area contributed by atoms with Crippen molar-refractivity contribution < 1.29 is 27.4 Å². The normalized spacial score (nSPS) is 11.2. The number of hydrogen-bond acceptors (Lipinski definition) is 6. The first-order valence-electron chi connectivity index (χ1n) is 4.62. The topological polar surface area (TPSA) is 100 Å². The van der Waals surface area contributed by atoms with Crippen LogP contribution in [0.15, 0.2) is 6.07 Å². The maximum absolute atomic E-state index is 12.0. The lowest BCUT2D eigenvalue weighted by Gasteiger charge is -2.13. The van der Waals surface area contributed by atoms with Gasteiger partial charge in [-0.05, 0) is 6.07 Å². The molecule has 0 aliphatic heterocycles. The van der Waals surface area contributed by atoms with Crippen molar-refractivity contribution in [1.82, 2.24) is 4.98 Å². The molecule has 1 rings (SSSR count). The number of ether oxygens (including phenoxy) is 2. The number of pyridine rings is 1. The Balaban J connectivity index is 3.22. The molecule has 0 aliphatic carbocycles. The number of nitrogens with two attached hydrogens (primary N) is 2. The van der Waals surface area contributed by atoms with Crippen LogP contribution in [0.5, 0.6) is 5.88 Å². The lowest BCUT2D eigenvalue weighted by molar-refractivity contribution is -0.275. The number of aromatic nitrogens is 1. The fourth-order valence-electron chi connectivity index (χ4n) is 1.18. The van der Waals surface area contributed by atoms with Crippen molar-refractivity contribution in [3.63, 3.8) is 0 Å². The van der Waals surface area contributed by atoms with E-state index in [0.29, 0.717) is 0 Å². The highest BCUT2D eigenvalue weighted by Crippen LogP contribution is 2.28. The Morgan fingerprint density at radius 3 is 2.56 bits per heavy atom. The van der Waals surface area contributed by atoms with Gasteiger partial charge >= 0.3 is 12.3 Å². The second-order valence-corrected chi connectivity index (χ2v) is 3.12. The summed E-state index contributed by atoms with van der Waals surface area (Å²) in [6.45, 7) is -0.265. The van der Waals surface area contributed by atoms with Crippen LogP contribution in [-0.2, 0) is 11.3 Å². The van der Waals surface area contributed by atoms with Gasteiger partial charge in [0.15, 0.2) is 0 Å². The number of nitrogen functional groups attached to an aromatic ring is 1. The second kappa shape index (κ2) is 5.08. The number of carbonyl (C=O) groups excluding carboxylic acids is 1. The maximum atomic E-state index is 12.0. The van der Waals surface area contributed by atoms with Gasteiger partial charge in [0.1, 0.15) is 0 Å². The molecule has 0 bridgehead atoms. The molecule has 0 amide bonds. The Bertz CT molecular complexity index is 462. The first kappa shape index (κ1) is 14.0. The quantitative estimate of drug-likeness (QED) is 0.784. The summed E-state index contributed by atoms with van der Waals surface area (Å²) in [6.07, 6.45) is -4.93. The monoisotopic (exact) mass is 265 g/mol. The van der Waals surface area contributed by atoms with Gasteiger partial charge in [-0.15, -0.1) is 13.2 Å². The fourth-order valence-corrected chi connectivity index (χ4v) is 1.18. The summed E-state index contributed by atoms with van der Waals surface area (Å²) in [5.74, 6) is -1.65. The van der Waals surface area contributed by atoms with Crippen molar-refractivity contribution in [2.75, 3.05) is 12.8 Å². The van der Waals surface area contributed by atoms with Gasteiger partial charge in [0, 0.05) is 6.54 Å². The minimum absolute atomic E-state index is 0.102. The predicted octanol–water partition coefficient (Wildman–Crippen LogP) is 0.808. The number of carbonyl (C=O) groups is 1. The molecule has 0 saturated heterocycles. The number of esters is 1. The fraction of sp³-hybridized carbons (Fsp3) is 0.333. The molecule has 1 aromatic heterocycles. The molecular weight excluding hydrogens is 255 g/mol. The Hall–Kier alpha value is -2.03. The van der Waals surface area contributed by atoms with Crippen LogP contribution >= 0.6 is 0 Å². The van der Waals surface area contributed by atoms with Crippen LogP contribution < -0.4 is 16.2 Å². The predicted molar refractivity (Wildman–Crippen MR) is 54.6 cm³/mol. The van der Waals surface area contributed by atoms with Crippen molar-refractivity contribution in [2.24, 2.45) is 5.73 Å². The Labute approximate surface area is 99.7 Å². The molecule has 0 radical (unpaired) electrons. The zero-order valence-corrected chi connectivity index (χ0v) is 9.25. The third-order valence-electron chi connectivity index (χ3n) is 1.91. The van der Waals surface area contributed by atoms with Crippen molar-refractivity contribution in [3.05, 3.63) is 17.3 Å². The minimum Gasteiger partial charge on any atom is -0.465 e. The van der Waals surface area contributed by atoms with Crippen LogP contribution in [0.1, 0.15) is 16.1 Å². The van der Waals surface area contributed by atoms with Gasteiger partial charge in [-0.1, -0.05) is 0 Å². The van der Waals surface area contributed by atoms with E-state index in [9.17, 15) is 18.0 Å². The average Bonchev–Trinajstić information content (AvgIpc) is 2.28. The van der Waals surface area contributed by atoms with E-state index in [-0.39, 0.29) is 17.8 Å². The van der Waals surface area contributed by atoms with Gasteiger partial charge in [0.2, 0.25) is 5.88 Å². The Morgan fingerprint density at radius 2 is 2.11 bits per heavy atom. The Kier molecular flexibility index (Phi) is 3.96. The minimum atomic E-state index is -4.93. The maximum Gasteiger partial charge on any atom is 0.574 e. The van der Waals surface area contributed by atoms with Gasteiger partial charge in [0.05, 0.1) is 24.1 Å². The molecule has 0 atom stereocenters. The summed E-state index contributed by atoms with van der Waals surface area (Å²) >= 11 is 0. The van der Waals surface area contributed by atoms with E-state index in [1.54, 1.807) is 0 Å². The molecule has 6 nitrogen and oxygen atoms in total. The Morgan fingerprint density at radius 1 is 1.50 bits per heavy atom. The molecule has 0 unspecified atom stereocenters. The van der Waals surface area contributed by atoms with Crippen LogP contribution in [0.2, 0.25) is 0 Å². The standard InChI is InChI=1S/C9H10F3N3O3/c1-17-8(16)4-2-5(14)7(15-6(4)3-13)18-9(10,11)12/h2H,3,13-14H2,1H3. The van der Waals surface area contributed by atoms with Crippen LogP contribution in [0, 0.1) is 0 Å². The van der Waals surface area contributed by atoms with Gasteiger partial charge in [-0.3, -0.25) is 0 Å². The van der Waals surface area contributed by atoms with Crippen molar-refractivity contribution >= 4 is 11.7 Å². The molecule has 9 heteroatoms. The summed E-state index contributed by atoms with van der Waals surface area (Å²) < 4.78 is 44.1. The third-order valence-corrected chi connectivity index (χ3v) is 1.91. The SMILES string of the molecule is COC(=O)c1cc(N)c(OC(F)(F)F)nc1CN.